The van der Waals surface area contributed by atoms with E-state index in [1.807, 2.05) is 18.2 Å². The number of ether oxygens (including phenoxy) is 2. The molecule has 1 saturated carbocycles. The molecular weight excluding hydrogens is 400 g/mol. The summed E-state index contributed by atoms with van der Waals surface area (Å²) in [5, 5.41) is 0. The SMILES string of the molecule is CC[C@H](OC(=O)c1ccccc1)[C@@H]1C[C@@H]1/C=C/C=C\C/C=C\C/C=C\CCCC(=O)OC. The average molecular weight is 437 g/mol. The number of esters is 2. The minimum atomic E-state index is -0.227. The van der Waals surface area contributed by atoms with Crippen molar-refractivity contribution in [3.63, 3.8) is 0 Å². The monoisotopic (exact) mass is 436 g/mol. The zero-order chi connectivity index (χ0) is 23.0. The number of carbonyl (C=O) groups is 2. The Morgan fingerprint density at radius 2 is 1.75 bits per heavy atom. The van der Waals surface area contributed by atoms with Crippen LogP contribution in [0, 0.1) is 11.8 Å². The molecule has 1 aromatic carbocycles. The Bertz CT molecular complexity index is 804. The third-order valence-electron chi connectivity index (χ3n) is 5.50. The van der Waals surface area contributed by atoms with Crippen molar-refractivity contribution in [2.45, 2.75) is 58.0 Å². The van der Waals surface area contributed by atoms with Crippen molar-refractivity contribution in [1.29, 1.82) is 0 Å². The molecule has 0 N–H and O–H groups in total. The second kappa shape index (κ2) is 15.0. The molecule has 0 amide bonds. The quantitative estimate of drug-likeness (QED) is 0.143. The summed E-state index contributed by atoms with van der Waals surface area (Å²) >= 11 is 0. The molecule has 2 rings (SSSR count). The van der Waals surface area contributed by atoms with E-state index in [2.05, 4.69) is 60.3 Å². The smallest absolute Gasteiger partial charge is 0.338 e. The molecule has 0 heterocycles. The number of benzene rings is 1. The minimum absolute atomic E-state index is 0.0159. The summed E-state index contributed by atoms with van der Waals surface area (Å²) in [6, 6.07) is 9.20. The topological polar surface area (TPSA) is 52.6 Å². The Hall–Kier alpha value is -2.88. The maximum atomic E-state index is 12.3. The highest BCUT2D eigenvalue weighted by Crippen LogP contribution is 2.44. The predicted octanol–water partition coefficient (Wildman–Crippen LogP) is 6.61. The first-order chi connectivity index (χ1) is 15.7. The van der Waals surface area contributed by atoms with Crippen LogP contribution >= 0.6 is 0 Å². The van der Waals surface area contributed by atoms with Crippen molar-refractivity contribution < 1.29 is 19.1 Å². The molecule has 1 aliphatic rings. The Balaban J connectivity index is 1.58. The van der Waals surface area contributed by atoms with Crippen molar-refractivity contribution in [2.75, 3.05) is 7.11 Å². The van der Waals surface area contributed by atoms with Gasteiger partial charge >= 0.3 is 11.9 Å². The van der Waals surface area contributed by atoms with Crippen molar-refractivity contribution in [3.8, 4) is 0 Å². The summed E-state index contributed by atoms with van der Waals surface area (Å²) in [7, 11) is 1.42. The predicted molar refractivity (Wildman–Crippen MR) is 129 cm³/mol. The van der Waals surface area contributed by atoms with Crippen LogP contribution in [0.15, 0.2) is 78.9 Å². The molecule has 0 bridgehead atoms. The molecule has 1 aromatic rings. The minimum Gasteiger partial charge on any atom is -0.469 e. The van der Waals surface area contributed by atoms with Crippen LogP contribution in [0.4, 0.5) is 0 Å². The molecule has 0 aliphatic heterocycles. The first kappa shape index (κ1) is 25.4. The molecule has 3 atom stereocenters. The fraction of sp³-hybridized carbons (Fsp3) is 0.429. The second-order valence-corrected chi connectivity index (χ2v) is 7.98. The van der Waals surface area contributed by atoms with Gasteiger partial charge in [-0.1, -0.05) is 73.7 Å². The molecule has 0 aromatic heterocycles. The lowest BCUT2D eigenvalue weighted by Crippen LogP contribution is -2.20. The molecule has 1 aliphatic carbocycles. The molecule has 0 saturated heterocycles. The Morgan fingerprint density at radius 1 is 1.03 bits per heavy atom. The van der Waals surface area contributed by atoms with Crippen LogP contribution in [0.5, 0.6) is 0 Å². The molecule has 0 radical (unpaired) electrons. The lowest BCUT2D eigenvalue weighted by atomic mass is 10.1. The van der Waals surface area contributed by atoms with E-state index in [9.17, 15) is 9.59 Å². The highest BCUT2D eigenvalue weighted by molar-refractivity contribution is 5.89. The van der Waals surface area contributed by atoms with E-state index in [0.717, 1.165) is 38.5 Å². The summed E-state index contributed by atoms with van der Waals surface area (Å²) < 4.78 is 10.4. The van der Waals surface area contributed by atoms with Gasteiger partial charge in [0, 0.05) is 12.3 Å². The van der Waals surface area contributed by atoms with E-state index < -0.39 is 0 Å². The maximum Gasteiger partial charge on any atom is 0.338 e. The maximum absolute atomic E-state index is 12.3. The van der Waals surface area contributed by atoms with E-state index >= 15 is 0 Å². The number of allylic oxidation sites excluding steroid dienone is 8. The molecule has 32 heavy (non-hydrogen) atoms. The van der Waals surface area contributed by atoms with Crippen LogP contribution in [-0.2, 0) is 14.3 Å². The van der Waals surface area contributed by atoms with Gasteiger partial charge in [0.25, 0.3) is 0 Å². The molecule has 172 valence electrons. The summed E-state index contributed by atoms with van der Waals surface area (Å²) in [5.74, 6) is 0.549. The van der Waals surface area contributed by atoms with E-state index in [4.69, 9.17) is 4.74 Å². The first-order valence-corrected chi connectivity index (χ1v) is 11.6. The Morgan fingerprint density at radius 3 is 2.47 bits per heavy atom. The number of carbonyl (C=O) groups excluding carboxylic acids is 2. The van der Waals surface area contributed by atoms with E-state index in [1.165, 1.54) is 7.11 Å². The van der Waals surface area contributed by atoms with E-state index in [-0.39, 0.29) is 18.0 Å². The van der Waals surface area contributed by atoms with Gasteiger partial charge < -0.3 is 9.47 Å². The van der Waals surface area contributed by atoms with E-state index in [1.54, 1.807) is 12.1 Å². The summed E-state index contributed by atoms with van der Waals surface area (Å²) in [6.45, 7) is 2.08. The molecule has 4 heteroatoms. The largest absolute Gasteiger partial charge is 0.469 e. The number of hydrogen-bond donors (Lipinski definition) is 0. The molecule has 1 fully saturated rings. The van der Waals surface area contributed by atoms with Crippen LogP contribution in [0.3, 0.4) is 0 Å². The standard InChI is InChI=1S/C28H36O4/c1-3-26(32-28(30)23-18-15-13-16-19-23)25-22-24(25)20-14-11-9-7-5-4-6-8-10-12-17-21-27(29)31-2/h4-5,8-11,13-16,18-20,24-26H,3,6-7,12,17,21-22H2,1-2H3/b5-4-,10-8-,11-9-,20-14+/t24-,25+,26-/m0/s1. The summed E-state index contributed by atoms with van der Waals surface area (Å²) in [4.78, 5) is 23.3. The molecule has 0 spiro atoms. The van der Waals surface area contributed by atoms with Crippen LogP contribution in [-0.4, -0.2) is 25.2 Å². The zero-order valence-corrected chi connectivity index (χ0v) is 19.3. The van der Waals surface area contributed by atoms with Crippen LogP contribution < -0.4 is 0 Å². The van der Waals surface area contributed by atoms with Crippen LogP contribution in [0.25, 0.3) is 0 Å². The Labute approximate surface area is 192 Å². The van der Waals surface area contributed by atoms with Gasteiger partial charge in [0.2, 0.25) is 0 Å². The molecule has 4 nitrogen and oxygen atoms in total. The molecular formula is C28H36O4. The highest BCUT2D eigenvalue weighted by Gasteiger charge is 2.42. The third kappa shape index (κ3) is 9.95. The van der Waals surface area contributed by atoms with Gasteiger partial charge in [-0.3, -0.25) is 4.79 Å². The first-order valence-electron chi connectivity index (χ1n) is 11.6. The van der Waals surface area contributed by atoms with Crippen LogP contribution in [0.1, 0.15) is 62.2 Å². The van der Waals surface area contributed by atoms with Crippen molar-refractivity contribution >= 4 is 11.9 Å². The van der Waals surface area contributed by atoms with Crippen molar-refractivity contribution in [1.82, 2.24) is 0 Å². The lowest BCUT2D eigenvalue weighted by Gasteiger charge is -2.15. The number of rotatable bonds is 14. The van der Waals surface area contributed by atoms with Gasteiger partial charge in [0.1, 0.15) is 6.10 Å². The van der Waals surface area contributed by atoms with Gasteiger partial charge in [-0.25, -0.2) is 4.79 Å². The summed E-state index contributed by atoms with van der Waals surface area (Å²) in [6.07, 6.45) is 23.0. The fourth-order valence-electron chi connectivity index (χ4n) is 3.53. The second-order valence-electron chi connectivity index (χ2n) is 7.98. The Kier molecular flexibility index (Phi) is 11.9. The van der Waals surface area contributed by atoms with Crippen LogP contribution in [0.2, 0.25) is 0 Å². The van der Waals surface area contributed by atoms with Gasteiger partial charge in [0.05, 0.1) is 12.7 Å². The van der Waals surface area contributed by atoms with Crippen molar-refractivity contribution in [3.05, 3.63) is 84.5 Å². The summed E-state index contributed by atoms with van der Waals surface area (Å²) in [5.41, 5.74) is 0.615. The normalized spacial score (nSPS) is 19.2. The number of hydrogen-bond acceptors (Lipinski definition) is 4. The van der Waals surface area contributed by atoms with E-state index in [0.29, 0.717) is 23.8 Å². The van der Waals surface area contributed by atoms with Gasteiger partial charge in [0.15, 0.2) is 0 Å². The zero-order valence-electron chi connectivity index (χ0n) is 19.3. The van der Waals surface area contributed by atoms with Gasteiger partial charge in [-0.2, -0.15) is 0 Å². The van der Waals surface area contributed by atoms with Crippen molar-refractivity contribution in [2.24, 2.45) is 11.8 Å². The number of methoxy groups -OCH3 is 1. The lowest BCUT2D eigenvalue weighted by molar-refractivity contribution is -0.140. The fourth-order valence-corrected chi connectivity index (χ4v) is 3.53. The highest BCUT2D eigenvalue weighted by atomic mass is 16.5. The number of unbranched alkanes of at least 4 members (excludes halogenated alkanes) is 1. The van der Waals surface area contributed by atoms with Gasteiger partial charge in [-0.15, -0.1) is 0 Å². The molecule has 0 unspecified atom stereocenters. The van der Waals surface area contributed by atoms with Gasteiger partial charge in [-0.05, 0) is 56.6 Å². The third-order valence-corrected chi connectivity index (χ3v) is 5.50. The average Bonchev–Trinajstić information content (AvgIpc) is 3.59.